The Morgan fingerprint density at radius 2 is 1.76 bits per heavy atom. The zero-order chi connectivity index (χ0) is 12.4. The SMILES string of the molecule is Cc1ccc(Nc2nc(Cl)nc(C)c2F)cc1. The van der Waals surface area contributed by atoms with Gasteiger partial charge in [-0.1, -0.05) is 17.7 Å². The number of hydrogen-bond acceptors (Lipinski definition) is 3. The highest BCUT2D eigenvalue weighted by atomic mass is 35.5. The molecule has 0 bridgehead atoms. The minimum absolute atomic E-state index is 0.0264. The molecule has 1 aromatic carbocycles. The Bertz CT molecular complexity index is 540. The van der Waals surface area contributed by atoms with Gasteiger partial charge in [-0.05, 0) is 37.6 Å². The van der Waals surface area contributed by atoms with E-state index < -0.39 is 5.82 Å². The molecule has 0 spiro atoms. The maximum atomic E-state index is 13.7. The first kappa shape index (κ1) is 11.8. The number of aryl methyl sites for hydroxylation is 2. The van der Waals surface area contributed by atoms with Gasteiger partial charge in [-0.3, -0.25) is 0 Å². The summed E-state index contributed by atoms with van der Waals surface area (Å²) in [5, 5.41) is 2.90. The molecule has 3 nitrogen and oxygen atoms in total. The van der Waals surface area contributed by atoms with Crippen LogP contribution in [0.5, 0.6) is 0 Å². The van der Waals surface area contributed by atoms with Crippen LogP contribution in [0.2, 0.25) is 5.28 Å². The predicted octanol–water partition coefficient (Wildman–Crippen LogP) is 3.63. The second-order valence-corrected chi connectivity index (χ2v) is 4.07. The molecular formula is C12H11ClFN3. The number of nitrogens with zero attached hydrogens (tertiary/aromatic N) is 2. The molecule has 88 valence electrons. The molecule has 0 fully saturated rings. The lowest BCUT2D eigenvalue weighted by atomic mass is 10.2. The molecule has 0 aliphatic heterocycles. The van der Waals surface area contributed by atoms with Crippen LogP contribution in [0.3, 0.4) is 0 Å². The van der Waals surface area contributed by atoms with Crippen molar-refractivity contribution in [2.24, 2.45) is 0 Å². The third-order valence-electron chi connectivity index (χ3n) is 2.30. The van der Waals surface area contributed by atoms with Crippen LogP contribution in [0.4, 0.5) is 15.9 Å². The highest BCUT2D eigenvalue weighted by Gasteiger charge is 2.10. The van der Waals surface area contributed by atoms with E-state index in [0.717, 1.165) is 11.3 Å². The van der Waals surface area contributed by atoms with E-state index >= 15 is 0 Å². The molecule has 1 aromatic heterocycles. The van der Waals surface area contributed by atoms with E-state index in [2.05, 4.69) is 15.3 Å². The molecular weight excluding hydrogens is 241 g/mol. The third kappa shape index (κ3) is 2.71. The van der Waals surface area contributed by atoms with Crippen LogP contribution in [0, 0.1) is 19.7 Å². The van der Waals surface area contributed by atoms with Crippen LogP contribution in [-0.2, 0) is 0 Å². The van der Waals surface area contributed by atoms with Crippen molar-refractivity contribution in [3.05, 3.63) is 46.6 Å². The Morgan fingerprint density at radius 1 is 1.12 bits per heavy atom. The lowest BCUT2D eigenvalue weighted by molar-refractivity contribution is 0.607. The minimum Gasteiger partial charge on any atom is -0.338 e. The molecule has 0 amide bonds. The van der Waals surface area contributed by atoms with E-state index in [-0.39, 0.29) is 16.8 Å². The van der Waals surface area contributed by atoms with E-state index in [0.29, 0.717) is 0 Å². The van der Waals surface area contributed by atoms with Gasteiger partial charge in [-0.2, -0.15) is 4.98 Å². The summed E-state index contributed by atoms with van der Waals surface area (Å²) in [4.78, 5) is 7.55. The summed E-state index contributed by atoms with van der Waals surface area (Å²) in [5.74, 6) is -0.402. The Morgan fingerprint density at radius 3 is 2.41 bits per heavy atom. The van der Waals surface area contributed by atoms with Crippen LogP contribution in [0.1, 0.15) is 11.3 Å². The average Bonchev–Trinajstić information content (AvgIpc) is 2.28. The first-order valence-corrected chi connectivity index (χ1v) is 5.47. The highest BCUT2D eigenvalue weighted by molar-refractivity contribution is 6.28. The number of halogens is 2. The molecule has 0 aliphatic rings. The monoisotopic (exact) mass is 251 g/mol. The van der Waals surface area contributed by atoms with Crippen molar-refractivity contribution in [1.29, 1.82) is 0 Å². The van der Waals surface area contributed by atoms with Gasteiger partial charge in [-0.25, -0.2) is 9.37 Å². The van der Waals surface area contributed by atoms with E-state index in [1.54, 1.807) is 6.92 Å². The molecule has 0 saturated carbocycles. The molecule has 1 heterocycles. The van der Waals surface area contributed by atoms with E-state index in [1.807, 2.05) is 31.2 Å². The summed E-state index contributed by atoms with van der Waals surface area (Å²) >= 11 is 5.68. The van der Waals surface area contributed by atoms with Gasteiger partial charge in [-0.15, -0.1) is 0 Å². The zero-order valence-electron chi connectivity index (χ0n) is 9.46. The normalized spacial score (nSPS) is 10.4. The molecule has 0 atom stereocenters. The van der Waals surface area contributed by atoms with Gasteiger partial charge in [0, 0.05) is 5.69 Å². The van der Waals surface area contributed by atoms with Crippen molar-refractivity contribution >= 4 is 23.1 Å². The molecule has 0 radical (unpaired) electrons. The molecule has 1 N–H and O–H groups in total. The Balaban J connectivity index is 2.32. The van der Waals surface area contributed by atoms with E-state index in [1.165, 1.54) is 0 Å². The molecule has 2 aromatic rings. The lowest BCUT2D eigenvalue weighted by Crippen LogP contribution is -2.01. The minimum atomic E-state index is -0.491. The first-order chi connectivity index (χ1) is 8.06. The van der Waals surface area contributed by atoms with Gasteiger partial charge in [0.1, 0.15) is 0 Å². The molecule has 0 unspecified atom stereocenters. The number of hydrogen-bond donors (Lipinski definition) is 1. The van der Waals surface area contributed by atoms with Crippen LogP contribution in [0.25, 0.3) is 0 Å². The quantitative estimate of drug-likeness (QED) is 0.829. The van der Waals surface area contributed by atoms with Gasteiger partial charge in [0.15, 0.2) is 11.6 Å². The smallest absolute Gasteiger partial charge is 0.224 e. The summed E-state index contributed by atoms with van der Waals surface area (Å²) < 4.78 is 13.7. The largest absolute Gasteiger partial charge is 0.338 e. The van der Waals surface area contributed by atoms with Gasteiger partial charge in [0.05, 0.1) is 5.69 Å². The Hall–Kier alpha value is -1.68. The molecule has 0 aliphatic carbocycles. The number of benzene rings is 1. The maximum Gasteiger partial charge on any atom is 0.224 e. The summed E-state index contributed by atoms with van der Waals surface area (Å²) in [6, 6.07) is 7.55. The summed E-state index contributed by atoms with van der Waals surface area (Å²) in [5.41, 5.74) is 2.11. The second kappa shape index (κ2) is 4.67. The van der Waals surface area contributed by atoms with E-state index in [9.17, 15) is 4.39 Å². The van der Waals surface area contributed by atoms with Crippen LogP contribution in [-0.4, -0.2) is 9.97 Å². The average molecular weight is 252 g/mol. The Labute approximate surface area is 104 Å². The fraction of sp³-hybridized carbons (Fsp3) is 0.167. The molecule has 5 heteroatoms. The van der Waals surface area contributed by atoms with Gasteiger partial charge < -0.3 is 5.32 Å². The van der Waals surface area contributed by atoms with Crippen LogP contribution >= 0.6 is 11.6 Å². The van der Waals surface area contributed by atoms with Gasteiger partial charge >= 0.3 is 0 Å². The summed E-state index contributed by atoms with van der Waals surface area (Å²) in [7, 11) is 0. The molecule has 0 saturated heterocycles. The van der Waals surface area contributed by atoms with Crippen LogP contribution in [0.15, 0.2) is 24.3 Å². The van der Waals surface area contributed by atoms with Crippen LogP contribution < -0.4 is 5.32 Å². The fourth-order valence-electron chi connectivity index (χ4n) is 1.38. The van der Waals surface area contributed by atoms with Crippen molar-refractivity contribution in [3.63, 3.8) is 0 Å². The number of nitrogens with one attached hydrogen (secondary N) is 1. The third-order valence-corrected chi connectivity index (χ3v) is 2.47. The van der Waals surface area contributed by atoms with Gasteiger partial charge in [0.2, 0.25) is 5.28 Å². The summed E-state index contributed by atoms with van der Waals surface area (Å²) in [6.07, 6.45) is 0. The second-order valence-electron chi connectivity index (χ2n) is 3.73. The molecule has 2 rings (SSSR count). The topological polar surface area (TPSA) is 37.8 Å². The zero-order valence-corrected chi connectivity index (χ0v) is 10.2. The van der Waals surface area contributed by atoms with Crippen molar-refractivity contribution in [2.75, 3.05) is 5.32 Å². The molecule has 17 heavy (non-hydrogen) atoms. The number of aromatic nitrogens is 2. The number of rotatable bonds is 2. The fourth-order valence-corrected chi connectivity index (χ4v) is 1.59. The number of anilines is 2. The van der Waals surface area contributed by atoms with Crippen molar-refractivity contribution in [1.82, 2.24) is 9.97 Å². The Kier molecular flexibility index (Phi) is 3.24. The maximum absolute atomic E-state index is 13.7. The lowest BCUT2D eigenvalue weighted by Gasteiger charge is -2.08. The van der Waals surface area contributed by atoms with Crippen molar-refractivity contribution in [2.45, 2.75) is 13.8 Å². The van der Waals surface area contributed by atoms with Crippen molar-refractivity contribution in [3.8, 4) is 0 Å². The summed E-state index contributed by atoms with van der Waals surface area (Å²) in [6.45, 7) is 3.53. The first-order valence-electron chi connectivity index (χ1n) is 5.09. The standard InChI is InChI=1S/C12H11ClFN3/c1-7-3-5-9(6-4-7)16-11-10(14)8(2)15-12(13)17-11/h3-6H,1-2H3,(H,15,16,17). The van der Waals surface area contributed by atoms with Crippen molar-refractivity contribution < 1.29 is 4.39 Å². The van der Waals surface area contributed by atoms with E-state index in [4.69, 9.17) is 11.6 Å². The van der Waals surface area contributed by atoms with Gasteiger partial charge in [0.25, 0.3) is 0 Å². The predicted molar refractivity (Wildman–Crippen MR) is 66.2 cm³/mol. The highest BCUT2D eigenvalue weighted by Crippen LogP contribution is 2.21.